The zero-order valence-electron chi connectivity index (χ0n) is 13.5. The number of aromatic nitrogens is 3. The Morgan fingerprint density at radius 3 is 2.82 bits per heavy atom. The predicted octanol–water partition coefficient (Wildman–Crippen LogP) is 2.86. The van der Waals surface area contributed by atoms with E-state index >= 15 is 0 Å². The van der Waals surface area contributed by atoms with Gasteiger partial charge in [0.25, 0.3) is 0 Å². The average molecular weight is 321 g/mol. The topological polar surface area (TPSA) is 71.8 Å². The van der Waals surface area contributed by atoms with Gasteiger partial charge < -0.3 is 15.2 Å². The summed E-state index contributed by atoms with van der Waals surface area (Å²) in [5.41, 5.74) is 0.888. The van der Waals surface area contributed by atoms with Gasteiger partial charge >= 0.3 is 6.03 Å². The molecule has 2 aromatic heterocycles. The van der Waals surface area contributed by atoms with Crippen molar-refractivity contribution in [3.63, 3.8) is 0 Å². The van der Waals surface area contributed by atoms with E-state index in [0.717, 1.165) is 23.1 Å². The SMILES string of the molecule is Cc1nc([C@@H](C)NC(=O)NCc2nccn2CC(C)C)cs1. The molecule has 0 aliphatic rings. The molecule has 7 heteroatoms. The van der Waals surface area contributed by atoms with Crippen LogP contribution in [0.15, 0.2) is 17.8 Å². The molecule has 22 heavy (non-hydrogen) atoms. The van der Waals surface area contributed by atoms with Gasteiger partial charge in [-0.1, -0.05) is 13.8 Å². The number of imidazole rings is 1. The summed E-state index contributed by atoms with van der Waals surface area (Å²) < 4.78 is 2.07. The molecule has 2 rings (SSSR count). The van der Waals surface area contributed by atoms with E-state index in [-0.39, 0.29) is 12.1 Å². The predicted molar refractivity (Wildman–Crippen MR) is 87.7 cm³/mol. The van der Waals surface area contributed by atoms with Crippen LogP contribution in [0.25, 0.3) is 0 Å². The van der Waals surface area contributed by atoms with Crippen LogP contribution < -0.4 is 10.6 Å². The zero-order chi connectivity index (χ0) is 16.1. The molecular weight excluding hydrogens is 298 g/mol. The van der Waals surface area contributed by atoms with Crippen LogP contribution in [-0.2, 0) is 13.1 Å². The van der Waals surface area contributed by atoms with E-state index in [9.17, 15) is 4.79 Å². The second-order valence-electron chi connectivity index (χ2n) is 5.73. The van der Waals surface area contributed by atoms with Crippen molar-refractivity contribution in [1.29, 1.82) is 0 Å². The first-order chi connectivity index (χ1) is 10.5. The van der Waals surface area contributed by atoms with Crippen molar-refractivity contribution in [2.24, 2.45) is 5.92 Å². The van der Waals surface area contributed by atoms with Crippen molar-refractivity contribution in [1.82, 2.24) is 25.2 Å². The minimum absolute atomic E-state index is 0.111. The number of hydrogen-bond acceptors (Lipinski definition) is 4. The Morgan fingerprint density at radius 1 is 1.41 bits per heavy atom. The Hall–Kier alpha value is -1.89. The summed E-state index contributed by atoms with van der Waals surface area (Å²) in [4.78, 5) is 20.7. The molecule has 0 aliphatic carbocycles. The summed E-state index contributed by atoms with van der Waals surface area (Å²) >= 11 is 1.58. The average Bonchev–Trinajstić information content (AvgIpc) is 3.05. The number of nitrogens with zero attached hydrogens (tertiary/aromatic N) is 3. The molecule has 2 amide bonds. The highest BCUT2D eigenvalue weighted by molar-refractivity contribution is 7.09. The molecule has 0 spiro atoms. The maximum Gasteiger partial charge on any atom is 0.315 e. The minimum Gasteiger partial charge on any atom is -0.333 e. The van der Waals surface area contributed by atoms with E-state index in [4.69, 9.17) is 0 Å². The maximum atomic E-state index is 12.0. The van der Waals surface area contributed by atoms with Crippen LogP contribution in [0.2, 0.25) is 0 Å². The third-order valence-electron chi connectivity index (χ3n) is 3.20. The van der Waals surface area contributed by atoms with Crippen LogP contribution in [0.1, 0.15) is 43.3 Å². The van der Waals surface area contributed by atoms with E-state index in [1.165, 1.54) is 0 Å². The quantitative estimate of drug-likeness (QED) is 0.859. The summed E-state index contributed by atoms with van der Waals surface area (Å²) in [6.07, 6.45) is 3.70. The summed E-state index contributed by atoms with van der Waals surface area (Å²) in [7, 11) is 0. The first-order valence-electron chi connectivity index (χ1n) is 7.42. The number of hydrogen-bond donors (Lipinski definition) is 2. The normalized spacial score (nSPS) is 12.4. The molecule has 120 valence electrons. The summed E-state index contributed by atoms with van der Waals surface area (Å²) in [5, 5.41) is 8.71. The van der Waals surface area contributed by atoms with Gasteiger partial charge in [-0.2, -0.15) is 0 Å². The van der Waals surface area contributed by atoms with Gasteiger partial charge in [-0.05, 0) is 19.8 Å². The Bertz CT molecular complexity index is 619. The fourth-order valence-electron chi connectivity index (χ4n) is 2.13. The number of nitrogens with one attached hydrogen (secondary N) is 2. The molecule has 0 unspecified atom stereocenters. The van der Waals surface area contributed by atoms with Crippen LogP contribution in [0, 0.1) is 12.8 Å². The molecule has 1 atom stereocenters. The lowest BCUT2D eigenvalue weighted by Crippen LogP contribution is -2.37. The van der Waals surface area contributed by atoms with Crippen molar-refractivity contribution in [2.45, 2.75) is 46.8 Å². The van der Waals surface area contributed by atoms with E-state index in [0.29, 0.717) is 12.5 Å². The standard InChI is InChI=1S/C15H23N5OS/c1-10(2)8-20-6-5-16-14(20)7-17-15(21)18-11(3)13-9-22-12(4)19-13/h5-6,9-11H,7-8H2,1-4H3,(H2,17,18,21)/t11-/m1/s1. The third kappa shape index (κ3) is 4.56. The number of rotatable bonds is 6. The third-order valence-corrected chi connectivity index (χ3v) is 3.99. The molecule has 0 aliphatic heterocycles. The lowest BCUT2D eigenvalue weighted by Gasteiger charge is -2.14. The summed E-state index contributed by atoms with van der Waals surface area (Å²) in [6.45, 7) is 9.49. The van der Waals surface area contributed by atoms with Gasteiger partial charge in [0.1, 0.15) is 5.82 Å². The molecule has 0 saturated carbocycles. The number of urea groups is 1. The van der Waals surface area contributed by atoms with E-state index < -0.39 is 0 Å². The molecule has 0 radical (unpaired) electrons. The molecule has 2 N–H and O–H groups in total. The van der Waals surface area contributed by atoms with Crippen LogP contribution in [0.3, 0.4) is 0 Å². The maximum absolute atomic E-state index is 12.0. The second-order valence-corrected chi connectivity index (χ2v) is 6.79. The number of aryl methyl sites for hydroxylation is 1. The van der Waals surface area contributed by atoms with E-state index in [1.807, 2.05) is 25.4 Å². The van der Waals surface area contributed by atoms with Crippen molar-refractivity contribution in [3.05, 3.63) is 34.3 Å². The Labute approximate surface area is 135 Å². The van der Waals surface area contributed by atoms with Gasteiger partial charge in [-0.3, -0.25) is 0 Å². The highest BCUT2D eigenvalue weighted by Crippen LogP contribution is 2.15. The number of carbonyl (C=O) groups is 1. The molecule has 0 saturated heterocycles. The smallest absolute Gasteiger partial charge is 0.315 e. The largest absolute Gasteiger partial charge is 0.333 e. The van der Waals surface area contributed by atoms with Crippen LogP contribution in [0.4, 0.5) is 4.79 Å². The van der Waals surface area contributed by atoms with Gasteiger partial charge in [-0.25, -0.2) is 14.8 Å². The Balaban J connectivity index is 1.84. The number of carbonyl (C=O) groups excluding carboxylic acids is 1. The second kappa shape index (κ2) is 7.40. The molecular formula is C15H23N5OS. The van der Waals surface area contributed by atoms with Crippen molar-refractivity contribution >= 4 is 17.4 Å². The molecule has 0 aromatic carbocycles. The lowest BCUT2D eigenvalue weighted by atomic mass is 10.2. The summed E-state index contributed by atoms with van der Waals surface area (Å²) in [5.74, 6) is 1.40. The number of amides is 2. The van der Waals surface area contributed by atoms with Gasteiger partial charge in [0.15, 0.2) is 0 Å². The van der Waals surface area contributed by atoms with Crippen molar-refractivity contribution in [2.75, 3.05) is 0 Å². The number of thiazole rings is 1. The van der Waals surface area contributed by atoms with Crippen molar-refractivity contribution < 1.29 is 4.79 Å². The van der Waals surface area contributed by atoms with Gasteiger partial charge in [0.2, 0.25) is 0 Å². The minimum atomic E-state index is -0.211. The molecule has 6 nitrogen and oxygen atoms in total. The molecule has 2 aromatic rings. The molecule has 2 heterocycles. The highest BCUT2D eigenvalue weighted by Gasteiger charge is 2.12. The fraction of sp³-hybridized carbons (Fsp3) is 0.533. The van der Waals surface area contributed by atoms with E-state index in [2.05, 4.69) is 39.0 Å². The lowest BCUT2D eigenvalue weighted by molar-refractivity contribution is 0.237. The summed E-state index contributed by atoms with van der Waals surface area (Å²) in [6, 6.07) is -0.322. The van der Waals surface area contributed by atoms with Gasteiger partial charge in [-0.15, -0.1) is 11.3 Å². The van der Waals surface area contributed by atoms with Crippen LogP contribution >= 0.6 is 11.3 Å². The highest BCUT2D eigenvalue weighted by atomic mass is 32.1. The van der Waals surface area contributed by atoms with Crippen LogP contribution in [0.5, 0.6) is 0 Å². The monoisotopic (exact) mass is 321 g/mol. The first-order valence-corrected chi connectivity index (χ1v) is 8.30. The first kappa shape index (κ1) is 16.5. The van der Waals surface area contributed by atoms with Gasteiger partial charge in [0.05, 0.1) is 23.3 Å². The zero-order valence-corrected chi connectivity index (χ0v) is 14.3. The van der Waals surface area contributed by atoms with E-state index in [1.54, 1.807) is 17.5 Å². The molecule has 0 bridgehead atoms. The van der Waals surface area contributed by atoms with Gasteiger partial charge in [0, 0.05) is 24.3 Å². The Kier molecular flexibility index (Phi) is 5.54. The molecule has 0 fully saturated rings. The van der Waals surface area contributed by atoms with Crippen molar-refractivity contribution in [3.8, 4) is 0 Å². The fourth-order valence-corrected chi connectivity index (χ4v) is 2.83. The Morgan fingerprint density at radius 2 is 2.18 bits per heavy atom. The van der Waals surface area contributed by atoms with Crippen LogP contribution in [-0.4, -0.2) is 20.6 Å².